The van der Waals surface area contributed by atoms with E-state index in [1.807, 2.05) is 13.1 Å². The minimum atomic E-state index is 0.0386. The smallest absolute Gasteiger partial charge is 0.231 e. The molecule has 1 atom stereocenters. The van der Waals surface area contributed by atoms with Gasteiger partial charge in [0.25, 0.3) is 0 Å². The first-order chi connectivity index (χ1) is 8.31. The van der Waals surface area contributed by atoms with Crippen LogP contribution in [0.1, 0.15) is 17.2 Å². The van der Waals surface area contributed by atoms with Crippen molar-refractivity contribution in [2.45, 2.75) is 12.5 Å². The fourth-order valence-electron chi connectivity index (χ4n) is 2.40. The lowest BCUT2D eigenvalue weighted by Gasteiger charge is -2.27. The van der Waals surface area contributed by atoms with Crippen molar-refractivity contribution in [1.82, 2.24) is 5.32 Å². The molecule has 0 aliphatic carbocycles. The SMILES string of the molecule is CNCC1OCCc2c(Br)cc3c(c21)OCO3. The van der Waals surface area contributed by atoms with Gasteiger partial charge >= 0.3 is 0 Å². The fourth-order valence-corrected chi connectivity index (χ4v) is 3.02. The summed E-state index contributed by atoms with van der Waals surface area (Å²) in [5, 5.41) is 3.15. The molecule has 0 fully saturated rings. The Balaban J connectivity index is 2.13. The average Bonchev–Trinajstić information content (AvgIpc) is 2.78. The first kappa shape index (κ1) is 11.3. The minimum absolute atomic E-state index is 0.0386. The normalized spacial score (nSPS) is 21.4. The van der Waals surface area contributed by atoms with Gasteiger partial charge in [-0.25, -0.2) is 0 Å². The Morgan fingerprint density at radius 2 is 2.35 bits per heavy atom. The van der Waals surface area contributed by atoms with Gasteiger partial charge in [-0.2, -0.15) is 0 Å². The van der Waals surface area contributed by atoms with Crippen LogP contribution in [0.4, 0.5) is 0 Å². The van der Waals surface area contributed by atoms with E-state index < -0.39 is 0 Å². The second-order valence-corrected chi connectivity index (χ2v) is 5.01. The lowest BCUT2D eigenvalue weighted by atomic mass is 9.96. The van der Waals surface area contributed by atoms with Gasteiger partial charge in [0.1, 0.15) is 0 Å². The van der Waals surface area contributed by atoms with Crippen LogP contribution in [-0.4, -0.2) is 27.0 Å². The maximum atomic E-state index is 5.81. The molecule has 1 aromatic carbocycles. The van der Waals surface area contributed by atoms with Gasteiger partial charge in [-0.15, -0.1) is 0 Å². The molecule has 1 aromatic rings. The predicted octanol–water partition coefficient (Wildman–Crippen LogP) is 2.01. The Labute approximate surface area is 108 Å². The Kier molecular flexibility index (Phi) is 2.98. The third-order valence-electron chi connectivity index (χ3n) is 3.14. The Morgan fingerprint density at radius 1 is 1.47 bits per heavy atom. The van der Waals surface area contributed by atoms with Crippen LogP contribution in [0.15, 0.2) is 10.5 Å². The Morgan fingerprint density at radius 3 is 3.18 bits per heavy atom. The Hall–Kier alpha value is -0.780. The van der Waals surface area contributed by atoms with Gasteiger partial charge in [-0.3, -0.25) is 0 Å². The summed E-state index contributed by atoms with van der Waals surface area (Å²) in [4.78, 5) is 0. The highest BCUT2D eigenvalue weighted by atomic mass is 79.9. The predicted molar refractivity (Wildman–Crippen MR) is 66.6 cm³/mol. The molecule has 0 radical (unpaired) electrons. The van der Waals surface area contributed by atoms with Crippen molar-refractivity contribution in [3.63, 3.8) is 0 Å². The number of nitrogens with one attached hydrogen (secondary N) is 1. The van der Waals surface area contributed by atoms with Gasteiger partial charge in [0, 0.05) is 16.6 Å². The first-order valence-corrected chi connectivity index (χ1v) is 6.47. The molecule has 4 nitrogen and oxygen atoms in total. The lowest BCUT2D eigenvalue weighted by Crippen LogP contribution is -2.25. The average molecular weight is 300 g/mol. The first-order valence-electron chi connectivity index (χ1n) is 5.68. The van der Waals surface area contributed by atoms with E-state index in [2.05, 4.69) is 21.2 Å². The highest BCUT2D eigenvalue weighted by Crippen LogP contribution is 2.46. The topological polar surface area (TPSA) is 39.7 Å². The van der Waals surface area contributed by atoms with Crippen molar-refractivity contribution in [3.8, 4) is 11.5 Å². The zero-order valence-corrected chi connectivity index (χ0v) is 11.2. The van der Waals surface area contributed by atoms with Crippen LogP contribution < -0.4 is 14.8 Å². The molecule has 2 aliphatic heterocycles. The zero-order valence-electron chi connectivity index (χ0n) is 9.59. The summed E-state index contributed by atoms with van der Waals surface area (Å²) in [7, 11) is 1.92. The largest absolute Gasteiger partial charge is 0.454 e. The Bertz CT molecular complexity index is 446. The van der Waals surface area contributed by atoms with Crippen LogP contribution in [0.5, 0.6) is 11.5 Å². The molecular weight excluding hydrogens is 286 g/mol. The van der Waals surface area contributed by atoms with E-state index in [0.717, 1.165) is 41.1 Å². The molecule has 2 aliphatic rings. The molecule has 0 bridgehead atoms. The molecule has 0 saturated carbocycles. The van der Waals surface area contributed by atoms with Gasteiger partial charge in [0.2, 0.25) is 6.79 Å². The van der Waals surface area contributed by atoms with E-state index in [1.54, 1.807) is 0 Å². The van der Waals surface area contributed by atoms with Crippen molar-refractivity contribution < 1.29 is 14.2 Å². The summed E-state index contributed by atoms with van der Waals surface area (Å²) < 4.78 is 17.9. The van der Waals surface area contributed by atoms with E-state index in [1.165, 1.54) is 5.56 Å². The molecule has 0 amide bonds. The maximum absolute atomic E-state index is 5.81. The molecule has 3 rings (SSSR count). The van der Waals surface area contributed by atoms with Crippen LogP contribution in [-0.2, 0) is 11.2 Å². The van der Waals surface area contributed by atoms with Crippen LogP contribution in [0.2, 0.25) is 0 Å². The third kappa shape index (κ3) is 1.82. The number of hydrogen-bond donors (Lipinski definition) is 1. The van der Waals surface area contributed by atoms with Gasteiger partial charge in [0.15, 0.2) is 11.5 Å². The van der Waals surface area contributed by atoms with Gasteiger partial charge in [-0.1, -0.05) is 15.9 Å². The monoisotopic (exact) mass is 299 g/mol. The number of halogens is 1. The third-order valence-corrected chi connectivity index (χ3v) is 3.85. The summed E-state index contributed by atoms with van der Waals surface area (Å²) >= 11 is 3.60. The van der Waals surface area contributed by atoms with E-state index in [4.69, 9.17) is 14.2 Å². The maximum Gasteiger partial charge on any atom is 0.231 e. The highest BCUT2D eigenvalue weighted by molar-refractivity contribution is 9.10. The van der Waals surface area contributed by atoms with Crippen LogP contribution in [0.25, 0.3) is 0 Å². The van der Waals surface area contributed by atoms with E-state index in [9.17, 15) is 0 Å². The summed E-state index contributed by atoms with van der Waals surface area (Å²) in [6, 6.07) is 1.99. The number of ether oxygens (including phenoxy) is 3. The summed E-state index contributed by atoms with van der Waals surface area (Å²) in [5.74, 6) is 1.66. The second-order valence-electron chi connectivity index (χ2n) is 4.15. The number of rotatable bonds is 2. The molecule has 2 heterocycles. The highest BCUT2D eigenvalue weighted by Gasteiger charge is 2.31. The summed E-state index contributed by atoms with van der Waals surface area (Å²) in [6.45, 7) is 1.82. The standard InChI is InChI=1S/C12H14BrNO3/c1-14-5-10-11-7(2-3-15-10)8(13)4-9-12(11)17-6-16-9/h4,10,14H,2-3,5-6H2,1H3. The van der Waals surface area contributed by atoms with Gasteiger partial charge in [0.05, 0.1) is 12.7 Å². The molecule has 1 unspecified atom stereocenters. The zero-order chi connectivity index (χ0) is 11.8. The molecule has 0 spiro atoms. The molecular formula is C12H14BrNO3. The second kappa shape index (κ2) is 4.48. The number of likely N-dealkylation sites (N-methyl/N-ethyl adjacent to an activating group) is 1. The fraction of sp³-hybridized carbons (Fsp3) is 0.500. The van der Waals surface area contributed by atoms with E-state index >= 15 is 0 Å². The summed E-state index contributed by atoms with van der Waals surface area (Å²) in [6.07, 6.45) is 0.948. The number of hydrogen-bond acceptors (Lipinski definition) is 4. The molecule has 1 N–H and O–H groups in total. The van der Waals surface area contributed by atoms with Crippen molar-refractivity contribution in [2.75, 3.05) is 27.0 Å². The van der Waals surface area contributed by atoms with Crippen LogP contribution in [0.3, 0.4) is 0 Å². The molecule has 17 heavy (non-hydrogen) atoms. The summed E-state index contributed by atoms with van der Waals surface area (Å²) in [5.41, 5.74) is 2.41. The van der Waals surface area contributed by atoms with Crippen molar-refractivity contribution in [1.29, 1.82) is 0 Å². The molecule has 5 heteroatoms. The van der Waals surface area contributed by atoms with Crippen LogP contribution in [0, 0.1) is 0 Å². The molecule has 0 aromatic heterocycles. The lowest BCUT2D eigenvalue weighted by molar-refractivity contribution is 0.0413. The van der Waals surface area contributed by atoms with Crippen LogP contribution >= 0.6 is 15.9 Å². The molecule has 0 saturated heterocycles. The van der Waals surface area contributed by atoms with E-state index in [-0.39, 0.29) is 6.10 Å². The van der Waals surface area contributed by atoms with E-state index in [0.29, 0.717) is 6.79 Å². The van der Waals surface area contributed by atoms with Crippen molar-refractivity contribution in [2.24, 2.45) is 0 Å². The number of benzene rings is 1. The molecule has 92 valence electrons. The van der Waals surface area contributed by atoms with Crippen molar-refractivity contribution in [3.05, 3.63) is 21.7 Å². The minimum Gasteiger partial charge on any atom is -0.454 e. The van der Waals surface area contributed by atoms with Gasteiger partial charge < -0.3 is 19.5 Å². The van der Waals surface area contributed by atoms with Gasteiger partial charge in [-0.05, 0) is 25.1 Å². The van der Waals surface area contributed by atoms with Crippen molar-refractivity contribution >= 4 is 15.9 Å². The quantitative estimate of drug-likeness (QED) is 0.907. The number of fused-ring (bicyclic) bond motifs is 3.